The van der Waals surface area contributed by atoms with Crippen LogP contribution in [0.4, 0.5) is 5.82 Å². The molecule has 0 bridgehead atoms. The van der Waals surface area contributed by atoms with Gasteiger partial charge < -0.3 is 19.3 Å². The maximum absolute atomic E-state index is 12.7. The zero-order valence-electron chi connectivity index (χ0n) is 24.0. The normalized spacial score (nSPS) is 11.6. The molecule has 0 fully saturated rings. The van der Waals surface area contributed by atoms with Gasteiger partial charge in [-0.25, -0.2) is 14.8 Å². The predicted octanol–water partition coefficient (Wildman–Crippen LogP) is 3.55. The first kappa shape index (κ1) is 27.3. The van der Waals surface area contributed by atoms with Crippen LogP contribution in [0.5, 0.6) is 29.0 Å². The van der Waals surface area contributed by atoms with Crippen molar-refractivity contribution in [1.82, 2.24) is 28.1 Å². The van der Waals surface area contributed by atoms with E-state index in [1.54, 1.807) is 56.7 Å². The van der Waals surface area contributed by atoms with E-state index in [1.807, 2.05) is 28.8 Å². The van der Waals surface area contributed by atoms with Crippen LogP contribution in [0.3, 0.4) is 0 Å². The number of hydrogen-bond donors (Lipinski definition) is 1. The van der Waals surface area contributed by atoms with Crippen LogP contribution in [0.25, 0.3) is 28.1 Å². The topological polar surface area (TPSA) is 139 Å². The maximum atomic E-state index is 12.7. The van der Waals surface area contributed by atoms with Crippen LogP contribution in [-0.2, 0) is 21.1 Å². The van der Waals surface area contributed by atoms with Crippen LogP contribution in [0.1, 0.15) is 5.56 Å². The molecule has 13 nitrogen and oxygen atoms in total. The molecule has 0 spiro atoms. The van der Waals surface area contributed by atoms with Gasteiger partial charge in [-0.15, -0.1) is 0 Å². The van der Waals surface area contributed by atoms with E-state index in [9.17, 15) is 14.7 Å². The number of nitrogens with zero attached hydrogens (tertiary/aromatic N) is 7. The molecule has 13 heteroatoms. The smallest absolute Gasteiger partial charge is 0.332 e. The molecule has 0 aliphatic heterocycles. The van der Waals surface area contributed by atoms with Gasteiger partial charge in [-0.3, -0.25) is 22.9 Å². The van der Waals surface area contributed by atoms with Crippen LogP contribution in [0.2, 0.25) is 0 Å². The highest BCUT2D eigenvalue weighted by molar-refractivity contribution is 5.86. The summed E-state index contributed by atoms with van der Waals surface area (Å²) >= 11 is 0. The molecule has 2 aromatic carbocycles. The van der Waals surface area contributed by atoms with Crippen molar-refractivity contribution in [2.75, 3.05) is 14.2 Å². The molecule has 0 saturated carbocycles. The molecule has 6 aromatic rings. The van der Waals surface area contributed by atoms with E-state index in [0.29, 0.717) is 40.0 Å². The van der Waals surface area contributed by atoms with E-state index in [1.165, 1.54) is 30.4 Å². The van der Waals surface area contributed by atoms with Gasteiger partial charge in [-0.05, 0) is 54.1 Å². The number of methoxy groups -OCH3 is 2. The van der Waals surface area contributed by atoms with Gasteiger partial charge in [-0.1, -0.05) is 6.07 Å². The summed E-state index contributed by atoms with van der Waals surface area (Å²) in [7, 11) is 7.60. The molecule has 43 heavy (non-hydrogen) atoms. The second kappa shape index (κ2) is 10.5. The molecule has 0 unspecified atom stereocenters. The Labute approximate surface area is 244 Å². The number of pyridine rings is 1. The zero-order valence-corrected chi connectivity index (χ0v) is 24.0. The largest absolute Gasteiger partial charge is 0.504 e. The molecule has 0 atom stereocenters. The molecule has 0 amide bonds. The van der Waals surface area contributed by atoms with E-state index in [-0.39, 0.29) is 22.9 Å². The molecule has 0 aliphatic carbocycles. The standard InChI is InChI=1S/C30H27N7O6/c1-34-25-27(35(2)30(40)36(3)28(25)39)33-29(34)43-20-12-9-17(14-22(20)42-5)16-31-26-24(32-23-8-6-7-13-37(23)26)18-10-11-19(38)21(15-18)41-4/h6-16,38H,1-5H3. The highest BCUT2D eigenvalue weighted by atomic mass is 16.5. The molecule has 0 saturated heterocycles. The Morgan fingerprint density at radius 1 is 0.860 bits per heavy atom. The highest BCUT2D eigenvalue weighted by Gasteiger charge is 2.20. The van der Waals surface area contributed by atoms with Gasteiger partial charge in [0, 0.05) is 39.1 Å². The van der Waals surface area contributed by atoms with E-state index in [4.69, 9.17) is 24.2 Å². The molecule has 4 aromatic heterocycles. The molecular weight excluding hydrogens is 554 g/mol. The van der Waals surface area contributed by atoms with Crippen molar-refractivity contribution in [3.05, 3.63) is 87.2 Å². The first-order chi connectivity index (χ1) is 20.7. The van der Waals surface area contributed by atoms with Gasteiger partial charge in [0.25, 0.3) is 5.56 Å². The summed E-state index contributed by atoms with van der Waals surface area (Å²) in [4.78, 5) is 39.0. The number of aromatic hydroxyl groups is 1. The Balaban J connectivity index is 1.37. The van der Waals surface area contributed by atoms with E-state index in [2.05, 4.69) is 4.98 Å². The summed E-state index contributed by atoms with van der Waals surface area (Å²) in [5.74, 6) is 1.69. The second-order valence-corrected chi connectivity index (χ2v) is 9.70. The molecule has 6 rings (SSSR count). The Bertz CT molecular complexity index is 2190. The first-order valence-corrected chi connectivity index (χ1v) is 13.1. The van der Waals surface area contributed by atoms with Crippen LogP contribution >= 0.6 is 0 Å². The summed E-state index contributed by atoms with van der Waals surface area (Å²) in [5, 5.41) is 10.1. The second-order valence-electron chi connectivity index (χ2n) is 9.70. The summed E-state index contributed by atoms with van der Waals surface area (Å²) in [5.41, 5.74) is 2.23. The lowest BCUT2D eigenvalue weighted by atomic mass is 10.1. The molecule has 1 N–H and O–H groups in total. The van der Waals surface area contributed by atoms with Crippen LogP contribution in [-0.4, -0.2) is 53.6 Å². The first-order valence-electron chi connectivity index (χ1n) is 13.1. The fourth-order valence-corrected chi connectivity index (χ4v) is 4.80. The fourth-order valence-electron chi connectivity index (χ4n) is 4.80. The number of ether oxygens (including phenoxy) is 3. The molecule has 218 valence electrons. The van der Waals surface area contributed by atoms with Crippen molar-refractivity contribution in [2.24, 2.45) is 26.1 Å². The summed E-state index contributed by atoms with van der Waals surface area (Å²) in [6.45, 7) is 0. The van der Waals surface area contributed by atoms with Crippen molar-refractivity contribution in [2.45, 2.75) is 0 Å². The van der Waals surface area contributed by atoms with Crippen molar-refractivity contribution in [3.8, 4) is 40.3 Å². The fraction of sp³-hybridized carbons (Fsp3) is 0.167. The van der Waals surface area contributed by atoms with E-state index in [0.717, 1.165) is 10.1 Å². The third kappa shape index (κ3) is 4.56. The quantitative estimate of drug-likeness (QED) is 0.283. The van der Waals surface area contributed by atoms with Gasteiger partial charge in [0.1, 0.15) is 11.3 Å². The summed E-state index contributed by atoms with van der Waals surface area (Å²) in [6.07, 6.45) is 3.55. The minimum atomic E-state index is -0.484. The molecular formula is C30H27N7O6. The minimum Gasteiger partial charge on any atom is -0.504 e. The van der Waals surface area contributed by atoms with Gasteiger partial charge >= 0.3 is 11.7 Å². The van der Waals surface area contributed by atoms with Gasteiger partial charge in [0.15, 0.2) is 40.0 Å². The van der Waals surface area contributed by atoms with Crippen LogP contribution in [0, 0.1) is 0 Å². The van der Waals surface area contributed by atoms with Gasteiger partial charge in [0.2, 0.25) is 0 Å². The van der Waals surface area contributed by atoms with Crippen molar-refractivity contribution >= 4 is 28.8 Å². The van der Waals surface area contributed by atoms with Crippen molar-refractivity contribution in [1.29, 1.82) is 0 Å². The number of aryl methyl sites for hydroxylation is 2. The Hall–Kier alpha value is -5.85. The number of hydrogen-bond acceptors (Lipinski definition) is 9. The van der Waals surface area contributed by atoms with Gasteiger partial charge in [0.05, 0.1) is 14.2 Å². The third-order valence-corrected chi connectivity index (χ3v) is 7.12. The average Bonchev–Trinajstić information content (AvgIpc) is 3.56. The average molecular weight is 582 g/mol. The molecule has 4 heterocycles. The molecule has 0 aliphatic rings. The van der Waals surface area contributed by atoms with Crippen LogP contribution in [0.15, 0.2) is 75.4 Å². The lowest BCUT2D eigenvalue weighted by Crippen LogP contribution is -2.37. The minimum absolute atomic E-state index is 0.0274. The number of rotatable bonds is 7. The number of fused-ring (bicyclic) bond motifs is 2. The van der Waals surface area contributed by atoms with Crippen molar-refractivity contribution < 1.29 is 19.3 Å². The highest BCUT2D eigenvalue weighted by Crippen LogP contribution is 2.37. The third-order valence-electron chi connectivity index (χ3n) is 7.12. The van der Waals surface area contributed by atoms with Gasteiger partial charge in [-0.2, -0.15) is 4.98 Å². The lowest BCUT2D eigenvalue weighted by molar-refractivity contribution is 0.363. The Morgan fingerprint density at radius 2 is 1.65 bits per heavy atom. The zero-order chi connectivity index (χ0) is 30.4. The Morgan fingerprint density at radius 3 is 2.42 bits per heavy atom. The monoisotopic (exact) mass is 581 g/mol. The van der Waals surface area contributed by atoms with E-state index >= 15 is 0 Å². The SMILES string of the molecule is COc1cc(-c2nc3ccccn3c2N=Cc2ccc(Oc3nc4c(c(=O)n(C)c(=O)n4C)n3C)c(OC)c2)ccc1O. The lowest BCUT2D eigenvalue weighted by Gasteiger charge is -2.10. The van der Waals surface area contributed by atoms with Crippen LogP contribution < -0.4 is 25.5 Å². The van der Waals surface area contributed by atoms with E-state index < -0.39 is 11.2 Å². The summed E-state index contributed by atoms with van der Waals surface area (Å²) in [6, 6.07) is 16.0. The predicted molar refractivity (Wildman–Crippen MR) is 160 cm³/mol. The van der Waals surface area contributed by atoms with Crippen molar-refractivity contribution in [3.63, 3.8) is 0 Å². The number of phenols is 1. The number of phenolic OH excluding ortho intramolecular Hbond substituents is 1. The number of aliphatic imine (C=N–C) groups is 1. The summed E-state index contributed by atoms with van der Waals surface area (Å²) < 4.78 is 22.6. The molecule has 0 radical (unpaired) electrons. The number of aromatic nitrogens is 6. The Kier molecular flexibility index (Phi) is 6.69. The number of benzene rings is 2. The maximum Gasteiger partial charge on any atom is 0.332 e. The number of imidazole rings is 2.